The van der Waals surface area contributed by atoms with Crippen molar-refractivity contribution in [3.05, 3.63) is 107 Å². The fraction of sp³-hybridized carbons (Fsp3) is 0.290. The van der Waals surface area contributed by atoms with Crippen molar-refractivity contribution < 1.29 is 36.0 Å². The Morgan fingerprint density at radius 1 is 1.02 bits per heavy atom. The maximum absolute atomic E-state index is 13.2. The largest absolute Gasteiger partial charge is 0.748 e. The average Bonchev–Trinajstić information content (AvgIpc) is 3.32. The Morgan fingerprint density at radius 3 is 2.26 bits per heavy atom. The van der Waals surface area contributed by atoms with Gasteiger partial charge in [0.05, 0.1) is 29.0 Å². The van der Waals surface area contributed by atoms with Gasteiger partial charge < -0.3 is 23.8 Å². The number of halogens is 1. The van der Waals surface area contributed by atoms with Gasteiger partial charge >= 0.3 is 5.97 Å². The third-order valence-electron chi connectivity index (χ3n) is 5.92. The van der Waals surface area contributed by atoms with E-state index in [1.807, 2.05) is 61.5 Å². The molecule has 1 unspecified atom stereocenters. The normalized spacial score (nSPS) is 11.7. The van der Waals surface area contributed by atoms with Crippen LogP contribution in [0.1, 0.15) is 29.5 Å². The Hall–Kier alpha value is -4.06. The highest BCUT2D eigenvalue weighted by Crippen LogP contribution is 2.22. The number of ether oxygens (including phenoxy) is 2. The highest BCUT2D eigenvalue weighted by atomic mass is 32.2. The van der Waals surface area contributed by atoms with Crippen molar-refractivity contribution in [2.45, 2.75) is 39.3 Å². The first-order valence-electron chi connectivity index (χ1n) is 13.3. The smallest absolute Gasteiger partial charge is 0.323 e. The van der Waals surface area contributed by atoms with Crippen LogP contribution in [0.3, 0.4) is 0 Å². The van der Waals surface area contributed by atoms with E-state index in [2.05, 4.69) is 10.3 Å². The third kappa shape index (κ3) is 11.4. The number of oxazole rings is 1. The molecule has 1 aromatic heterocycles. The van der Waals surface area contributed by atoms with Crippen LogP contribution in [-0.2, 0) is 39.0 Å². The minimum absolute atomic E-state index is 0.291. The van der Waals surface area contributed by atoms with Crippen LogP contribution >= 0.6 is 0 Å². The Kier molecular flexibility index (Phi) is 12.2. The topological polar surface area (TPSA) is 131 Å². The van der Waals surface area contributed by atoms with Gasteiger partial charge in [-0.05, 0) is 67.8 Å². The van der Waals surface area contributed by atoms with Crippen LogP contribution in [0, 0.1) is 12.7 Å². The first-order chi connectivity index (χ1) is 20.0. The fourth-order valence-corrected chi connectivity index (χ4v) is 3.91. The molecule has 1 atom stereocenters. The number of esters is 1. The lowest BCUT2D eigenvalue weighted by Crippen LogP contribution is -2.39. The van der Waals surface area contributed by atoms with Gasteiger partial charge in [-0.1, -0.05) is 42.5 Å². The van der Waals surface area contributed by atoms with Crippen molar-refractivity contribution in [3.8, 4) is 17.2 Å². The lowest BCUT2D eigenvalue weighted by atomic mass is 10.1. The molecule has 0 saturated heterocycles. The van der Waals surface area contributed by atoms with E-state index >= 15 is 0 Å². The average molecular weight is 598 g/mol. The number of nitrogens with zero attached hydrogens (tertiary/aromatic N) is 1. The van der Waals surface area contributed by atoms with E-state index in [9.17, 15) is 9.18 Å². The van der Waals surface area contributed by atoms with Crippen molar-refractivity contribution in [1.29, 1.82) is 0 Å². The van der Waals surface area contributed by atoms with Gasteiger partial charge in [-0.2, -0.15) is 0 Å². The summed E-state index contributed by atoms with van der Waals surface area (Å²) in [6, 6.07) is 23.1. The van der Waals surface area contributed by atoms with Gasteiger partial charge in [-0.3, -0.25) is 4.79 Å². The first-order valence-corrected chi connectivity index (χ1v) is 15.1. The summed E-state index contributed by atoms with van der Waals surface area (Å²) >= 11 is 0. The first kappa shape index (κ1) is 32.5. The summed E-state index contributed by atoms with van der Waals surface area (Å²) in [5.41, 5.74) is 3.68. The zero-order valence-corrected chi connectivity index (χ0v) is 24.5. The molecule has 9 nitrogen and oxygen atoms in total. The van der Waals surface area contributed by atoms with Gasteiger partial charge in [-0.25, -0.2) is 17.8 Å². The molecule has 0 amide bonds. The molecular formula is C31H34FN2O7S-. The molecule has 11 heteroatoms. The van der Waals surface area contributed by atoms with E-state index in [1.165, 1.54) is 12.1 Å². The summed E-state index contributed by atoms with van der Waals surface area (Å²) in [5.74, 6) is 1.53. The second kappa shape index (κ2) is 15.8. The molecule has 4 aromatic rings. The van der Waals surface area contributed by atoms with Gasteiger partial charge in [0, 0.05) is 24.8 Å². The third-order valence-corrected chi connectivity index (χ3v) is 5.92. The Balaban J connectivity index is 0.000000892. The highest BCUT2D eigenvalue weighted by molar-refractivity contribution is 7.84. The summed E-state index contributed by atoms with van der Waals surface area (Å²) in [6.07, 6.45) is 1.69. The molecule has 0 spiro atoms. The molecule has 0 radical (unpaired) electrons. The summed E-state index contributed by atoms with van der Waals surface area (Å²) in [5, 5.41) is 3.23. The van der Waals surface area contributed by atoms with Crippen molar-refractivity contribution >= 4 is 16.1 Å². The molecule has 0 aliphatic heterocycles. The second-order valence-corrected chi connectivity index (χ2v) is 10.8. The minimum atomic E-state index is -3.92. The van der Waals surface area contributed by atoms with E-state index in [0.717, 1.165) is 33.9 Å². The zero-order valence-electron chi connectivity index (χ0n) is 23.7. The number of benzene rings is 3. The van der Waals surface area contributed by atoms with E-state index in [0.29, 0.717) is 44.7 Å². The fourth-order valence-electron chi connectivity index (χ4n) is 3.91. The molecule has 1 heterocycles. The number of aryl methyl sites for hydroxylation is 1. The summed E-state index contributed by atoms with van der Waals surface area (Å²) in [4.78, 5) is 17.1. The lowest BCUT2D eigenvalue weighted by Gasteiger charge is -2.18. The predicted octanol–water partition coefficient (Wildman–Crippen LogP) is 4.84. The van der Waals surface area contributed by atoms with Crippen LogP contribution in [0.15, 0.2) is 83.3 Å². The molecule has 4 rings (SSSR count). The molecule has 0 aliphatic carbocycles. The van der Waals surface area contributed by atoms with Crippen molar-refractivity contribution in [2.24, 2.45) is 0 Å². The maximum Gasteiger partial charge on any atom is 0.323 e. The zero-order chi connectivity index (χ0) is 30.5. The number of aromatic nitrogens is 1. The molecule has 42 heavy (non-hydrogen) atoms. The van der Waals surface area contributed by atoms with E-state index in [1.54, 1.807) is 19.1 Å². The van der Waals surface area contributed by atoms with Gasteiger partial charge in [-0.15, -0.1) is 0 Å². The highest BCUT2D eigenvalue weighted by Gasteiger charge is 2.20. The Bertz CT molecular complexity index is 1500. The van der Waals surface area contributed by atoms with Gasteiger partial charge in [0.15, 0.2) is 0 Å². The Labute approximate surface area is 245 Å². The minimum Gasteiger partial charge on any atom is -0.748 e. The van der Waals surface area contributed by atoms with Gasteiger partial charge in [0.1, 0.15) is 23.4 Å². The van der Waals surface area contributed by atoms with E-state index in [-0.39, 0.29) is 11.8 Å². The summed E-state index contributed by atoms with van der Waals surface area (Å²) in [6.45, 7) is 4.89. The second-order valence-electron chi connectivity index (χ2n) is 9.35. The monoisotopic (exact) mass is 597 g/mol. The summed E-state index contributed by atoms with van der Waals surface area (Å²) < 4.78 is 57.4. The van der Waals surface area contributed by atoms with Crippen molar-refractivity contribution in [2.75, 3.05) is 19.5 Å². The number of nitrogens with one attached hydrogen (secondary N) is 1. The Morgan fingerprint density at radius 2 is 1.64 bits per heavy atom. The molecule has 0 fully saturated rings. The molecule has 0 aliphatic rings. The predicted molar refractivity (Wildman–Crippen MR) is 155 cm³/mol. The number of carbonyl (C=O) groups excluding carboxylic acids is 1. The van der Waals surface area contributed by atoms with Gasteiger partial charge in [0.2, 0.25) is 5.89 Å². The lowest BCUT2D eigenvalue weighted by molar-refractivity contribution is -0.145. The maximum atomic E-state index is 13.2. The number of rotatable bonds is 12. The van der Waals surface area contributed by atoms with Crippen LogP contribution in [-0.4, -0.2) is 49.4 Å². The van der Waals surface area contributed by atoms with Crippen LogP contribution in [0.25, 0.3) is 11.5 Å². The van der Waals surface area contributed by atoms with Gasteiger partial charge in [0.25, 0.3) is 0 Å². The number of carbonyl (C=O) groups is 1. The van der Waals surface area contributed by atoms with E-state index in [4.69, 9.17) is 26.9 Å². The van der Waals surface area contributed by atoms with E-state index < -0.39 is 16.2 Å². The quantitative estimate of drug-likeness (QED) is 0.180. The van der Waals surface area contributed by atoms with Crippen LogP contribution < -0.4 is 10.1 Å². The number of hydrogen-bond acceptors (Lipinski definition) is 9. The summed E-state index contributed by atoms with van der Waals surface area (Å²) in [7, 11) is -3.92. The molecule has 1 N–H and O–H groups in total. The van der Waals surface area contributed by atoms with Crippen LogP contribution in [0.2, 0.25) is 0 Å². The molecular weight excluding hydrogens is 563 g/mol. The molecule has 0 saturated carbocycles. The molecule has 224 valence electrons. The van der Waals surface area contributed by atoms with Crippen molar-refractivity contribution in [1.82, 2.24) is 10.3 Å². The molecule has 0 bridgehead atoms. The van der Waals surface area contributed by atoms with Crippen LogP contribution in [0.5, 0.6) is 5.75 Å². The van der Waals surface area contributed by atoms with Crippen molar-refractivity contribution in [3.63, 3.8) is 0 Å². The van der Waals surface area contributed by atoms with Crippen LogP contribution in [0.4, 0.5) is 4.39 Å². The molecule has 3 aromatic carbocycles. The number of hydrogen-bond donors (Lipinski definition) is 1. The standard InChI is InChI=1S/C30H31FN2O4.CH4O3S/c1-3-35-30(34)28(32-20-23-9-13-25(31)14-10-23)19-22-11-15-26(16-12-22)36-18-17-27-21(2)37-29(33-27)24-7-5-4-6-8-24;1-5(2,3)4/h4-16,28,32H,3,17-20H2,1-2H3;1H3,(H,2,3,4)/p-1. The SMILES string of the molecule is CCOC(=O)C(Cc1ccc(OCCc2nc(-c3ccccc3)oc2C)cc1)NCc1ccc(F)cc1.CS(=O)(=O)[O-].